The Morgan fingerprint density at radius 3 is 2.63 bits per heavy atom. The van der Waals surface area contributed by atoms with E-state index in [-0.39, 0.29) is 48.7 Å². The SMILES string of the molecule is CCCCCS(=O)(=O)NCC(=O)NC[C@@H]1[C@H](C=CCCCCC(=O)O)[C@@H]2CC[C@H]1O2. The monoisotopic (exact) mass is 444 g/mol. The summed E-state index contributed by atoms with van der Waals surface area (Å²) in [5.74, 6) is -0.626. The number of carboxylic acids is 1. The molecule has 0 spiro atoms. The lowest BCUT2D eigenvalue weighted by molar-refractivity contribution is -0.137. The molecule has 2 aliphatic rings. The van der Waals surface area contributed by atoms with E-state index in [1.807, 2.05) is 6.92 Å². The minimum atomic E-state index is -3.41. The number of allylic oxidation sites excluding steroid dienone is 1. The van der Waals surface area contributed by atoms with Gasteiger partial charge in [0.15, 0.2) is 0 Å². The topological polar surface area (TPSA) is 122 Å². The van der Waals surface area contributed by atoms with E-state index in [9.17, 15) is 18.0 Å². The first-order valence-electron chi connectivity index (χ1n) is 11.1. The van der Waals surface area contributed by atoms with Crippen LogP contribution in [-0.4, -0.2) is 56.5 Å². The van der Waals surface area contributed by atoms with Gasteiger partial charge in [-0.25, -0.2) is 13.1 Å². The van der Waals surface area contributed by atoms with Gasteiger partial charge in [-0.2, -0.15) is 0 Å². The molecule has 9 heteroatoms. The van der Waals surface area contributed by atoms with E-state index in [0.29, 0.717) is 19.4 Å². The van der Waals surface area contributed by atoms with E-state index >= 15 is 0 Å². The Labute approximate surface area is 179 Å². The number of carbonyl (C=O) groups excluding carboxylic acids is 1. The zero-order chi connectivity index (χ0) is 22.0. The zero-order valence-electron chi connectivity index (χ0n) is 17.8. The van der Waals surface area contributed by atoms with Crippen LogP contribution in [0.5, 0.6) is 0 Å². The summed E-state index contributed by atoms with van der Waals surface area (Å²) in [7, 11) is -3.41. The lowest BCUT2D eigenvalue weighted by atomic mass is 9.79. The average Bonchev–Trinajstić information content (AvgIpc) is 3.29. The molecule has 2 bridgehead atoms. The predicted molar refractivity (Wildman–Crippen MR) is 114 cm³/mol. The van der Waals surface area contributed by atoms with Crippen molar-refractivity contribution < 1.29 is 27.9 Å². The molecule has 2 aliphatic heterocycles. The number of ether oxygens (including phenoxy) is 1. The van der Waals surface area contributed by atoms with Gasteiger partial charge in [-0.1, -0.05) is 31.9 Å². The second-order valence-electron chi connectivity index (χ2n) is 8.25. The highest BCUT2D eigenvalue weighted by molar-refractivity contribution is 7.89. The van der Waals surface area contributed by atoms with Crippen LogP contribution in [-0.2, 0) is 24.3 Å². The number of aliphatic carboxylic acids is 1. The van der Waals surface area contributed by atoms with Crippen molar-refractivity contribution in [1.29, 1.82) is 0 Å². The number of unbranched alkanes of at least 4 members (excludes halogenated alkanes) is 4. The van der Waals surface area contributed by atoms with Gasteiger partial charge in [0.05, 0.1) is 24.5 Å². The Morgan fingerprint density at radius 2 is 1.90 bits per heavy atom. The number of fused-ring (bicyclic) bond motifs is 2. The normalized spacial score (nSPS) is 25.8. The summed E-state index contributed by atoms with van der Waals surface area (Å²) in [4.78, 5) is 22.7. The third-order valence-electron chi connectivity index (χ3n) is 5.86. The number of nitrogens with one attached hydrogen (secondary N) is 2. The smallest absolute Gasteiger partial charge is 0.303 e. The second kappa shape index (κ2) is 12.4. The molecule has 2 fully saturated rings. The van der Waals surface area contributed by atoms with Gasteiger partial charge < -0.3 is 15.2 Å². The molecule has 1 amide bonds. The van der Waals surface area contributed by atoms with Gasteiger partial charge in [-0.15, -0.1) is 0 Å². The standard InChI is InChI=1S/C21H36N2O6S/c1-2-3-8-13-30(27,28)23-15-20(24)22-14-17-16(18-11-12-19(17)29-18)9-6-4-5-7-10-21(25)26/h6,9,16-19,23H,2-5,7-8,10-15H2,1H3,(H,22,24)(H,25,26)/t16-,17+,18-,19+/m0/s1. The summed E-state index contributed by atoms with van der Waals surface area (Å²) < 4.78 is 32.2. The van der Waals surface area contributed by atoms with E-state index in [2.05, 4.69) is 22.2 Å². The van der Waals surface area contributed by atoms with Crippen LogP contribution in [0.1, 0.15) is 64.7 Å². The fourth-order valence-electron chi connectivity index (χ4n) is 4.22. The summed E-state index contributed by atoms with van der Waals surface area (Å²) in [6.45, 7) is 2.24. The molecule has 2 saturated heterocycles. The highest BCUT2D eigenvalue weighted by atomic mass is 32.2. The molecule has 3 N–H and O–H groups in total. The van der Waals surface area contributed by atoms with Crippen LogP contribution in [0.2, 0.25) is 0 Å². The maximum Gasteiger partial charge on any atom is 0.303 e. The van der Waals surface area contributed by atoms with E-state index in [4.69, 9.17) is 9.84 Å². The van der Waals surface area contributed by atoms with Gasteiger partial charge >= 0.3 is 5.97 Å². The first-order valence-corrected chi connectivity index (χ1v) is 12.8. The summed E-state index contributed by atoms with van der Waals surface area (Å²) in [5, 5.41) is 11.5. The fourth-order valence-corrected chi connectivity index (χ4v) is 5.30. The molecule has 0 aliphatic carbocycles. The van der Waals surface area contributed by atoms with Crippen molar-refractivity contribution in [3.63, 3.8) is 0 Å². The molecule has 0 saturated carbocycles. The molecule has 30 heavy (non-hydrogen) atoms. The van der Waals surface area contributed by atoms with Crippen molar-refractivity contribution in [3.8, 4) is 0 Å². The van der Waals surface area contributed by atoms with Crippen LogP contribution in [0.3, 0.4) is 0 Å². The van der Waals surface area contributed by atoms with Crippen molar-refractivity contribution in [2.75, 3.05) is 18.8 Å². The lowest BCUT2D eigenvalue weighted by Crippen LogP contribution is -2.42. The minimum Gasteiger partial charge on any atom is -0.481 e. The van der Waals surface area contributed by atoms with E-state index in [1.165, 1.54) is 0 Å². The molecule has 8 nitrogen and oxygen atoms in total. The number of sulfonamides is 1. The van der Waals surface area contributed by atoms with Crippen molar-refractivity contribution in [2.45, 2.75) is 76.9 Å². The Balaban J connectivity index is 1.73. The summed E-state index contributed by atoms with van der Waals surface area (Å²) in [6, 6.07) is 0. The van der Waals surface area contributed by atoms with Crippen molar-refractivity contribution in [2.24, 2.45) is 11.8 Å². The molecule has 0 radical (unpaired) electrons. The lowest BCUT2D eigenvalue weighted by Gasteiger charge is -2.26. The van der Waals surface area contributed by atoms with Crippen molar-refractivity contribution in [3.05, 3.63) is 12.2 Å². The van der Waals surface area contributed by atoms with Gasteiger partial charge in [0.2, 0.25) is 15.9 Å². The molecule has 172 valence electrons. The van der Waals surface area contributed by atoms with Gasteiger partial charge in [0.1, 0.15) is 0 Å². The number of hydrogen-bond donors (Lipinski definition) is 3. The third-order valence-corrected chi connectivity index (χ3v) is 7.27. The minimum absolute atomic E-state index is 0.0493. The molecule has 0 aromatic rings. The van der Waals surface area contributed by atoms with Crippen LogP contribution in [0.25, 0.3) is 0 Å². The molecule has 0 aromatic heterocycles. The molecule has 0 aromatic carbocycles. The average molecular weight is 445 g/mol. The second-order valence-corrected chi connectivity index (χ2v) is 10.2. The zero-order valence-corrected chi connectivity index (χ0v) is 18.7. The Bertz CT molecular complexity index is 694. The quantitative estimate of drug-likeness (QED) is 0.263. The van der Waals surface area contributed by atoms with E-state index in [0.717, 1.165) is 38.5 Å². The Morgan fingerprint density at radius 1 is 1.13 bits per heavy atom. The van der Waals surface area contributed by atoms with Crippen molar-refractivity contribution >= 4 is 21.9 Å². The van der Waals surface area contributed by atoms with Gasteiger partial charge in [-0.3, -0.25) is 9.59 Å². The van der Waals surface area contributed by atoms with Crippen LogP contribution in [0.4, 0.5) is 0 Å². The van der Waals surface area contributed by atoms with E-state index in [1.54, 1.807) is 0 Å². The third kappa shape index (κ3) is 8.35. The number of amides is 1. The van der Waals surface area contributed by atoms with Gasteiger partial charge in [-0.05, 0) is 38.5 Å². The summed E-state index contributed by atoms with van der Waals surface area (Å²) >= 11 is 0. The van der Waals surface area contributed by atoms with Crippen LogP contribution in [0, 0.1) is 11.8 Å². The molecular formula is C21H36N2O6S. The summed E-state index contributed by atoms with van der Waals surface area (Å²) in [6.07, 6.45) is 11.5. The van der Waals surface area contributed by atoms with Crippen LogP contribution < -0.4 is 10.0 Å². The largest absolute Gasteiger partial charge is 0.481 e. The Kier molecular flexibility index (Phi) is 10.3. The van der Waals surface area contributed by atoms with Crippen LogP contribution in [0.15, 0.2) is 12.2 Å². The first-order chi connectivity index (χ1) is 14.3. The molecule has 2 rings (SSSR count). The molecule has 0 unspecified atom stereocenters. The summed E-state index contributed by atoms with van der Waals surface area (Å²) in [5.41, 5.74) is 0. The number of hydrogen-bond acceptors (Lipinski definition) is 5. The van der Waals surface area contributed by atoms with Gasteiger partial charge in [0, 0.05) is 24.8 Å². The highest BCUT2D eigenvalue weighted by Gasteiger charge is 2.47. The Hall–Kier alpha value is -1.45. The maximum atomic E-state index is 12.1. The van der Waals surface area contributed by atoms with Crippen molar-refractivity contribution in [1.82, 2.24) is 10.0 Å². The van der Waals surface area contributed by atoms with E-state index < -0.39 is 16.0 Å². The number of rotatable bonds is 15. The molecule has 2 heterocycles. The highest BCUT2D eigenvalue weighted by Crippen LogP contribution is 2.43. The van der Waals surface area contributed by atoms with Gasteiger partial charge in [0.25, 0.3) is 0 Å². The number of carbonyl (C=O) groups is 2. The fraction of sp³-hybridized carbons (Fsp3) is 0.810. The number of carboxylic acid groups (broad SMARTS) is 1. The molecule has 4 atom stereocenters. The molecular weight excluding hydrogens is 408 g/mol. The maximum absolute atomic E-state index is 12.1. The first kappa shape index (κ1) is 24.8. The van der Waals surface area contributed by atoms with Crippen LogP contribution >= 0.6 is 0 Å². The predicted octanol–water partition coefficient (Wildman–Crippen LogP) is 2.21.